The standard InChI is InChI=1S/C25H25FN2O4S/c1-6-28-17-11-15(13(2)9-16(17)25(3,4)12-20(28)29)21-18(32-5)8-7-14(22(21)26)10-19-23(30)27-24(31)33-19/h7-11H,6,12H2,1-5H3,(H,27,30,31)/b19-10+. The van der Waals surface area contributed by atoms with Gasteiger partial charge in [0.25, 0.3) is 11.1 Å². The number of aryl methyl sites for hydroxylation is 1. The Morgan fingerprint density at radius 3 is 2.58 bits per heavy atom. The molecule has 2 aliphatic heterocycles. The number of rotatable bonds is 4. The lowest BCUT2D eigenvalue weighted by Crippen LogP contribution is -2.41. The number of nitrogens with zero attached hydrogens (tertiary/aromatic N) is 1. The minimum atomic E-state index is -0.568. The fourth-order valence-electron chi connectivity index (χ4n) is 4.45. The first-order chi connectivity index (χ1) is 15.6. The zero-order chi connectivity index (χ0) is 24.1. The van der Waals surface area contributed by atoms with Gasteiger partial charge >= 0.3 is 0 Å². The van der Waals surface area contributed by atoms with E-state index in [1.54, 1.807) is 11.0 Å². The summed E-state index contributed by atoms with van der Waals surface area (Å²) in [7, 11) is 1.47. The van der Waals surface area contributed by atoms with E-state index in [1.807, 2.05) is 39.8 Å². The largest absolute Gasteiger partial charge is 0.496 e. The second-order valence-corrected chi connectivity index (χ2v) is 9.80. The number of carbonyl (C=O) groups is 3. The number of nitrogens with one attached hydrogen (secondary N) is 1. The van der Waals surface area contributed by atoms with Gasteiger partial charge in [-0.2, -0.15) is 0 Å². The summed E-state index contributed by atoms with van der Waals surface area (Å²) in [6, 6.07) is 7.02. The Bertz CT molecular complexity index is 1240. The zero-order valence-corrected chi connectivity index (χ0v) is 20.0. The Morgan fingerprint density at radius 2 is 1.97 bits per heavy atom. The maximum atomic E-state index is 15.9. The molecule has 1 saturated heterocycles. The monoisotopic (exact) mass is 468 g/mol. The van der Waals surface area contributed by atoms with E-state index in [0.717, 1.165) is 28.6 Å². The van der Waals surface area contributed by atoms with Gasteiger partial charge in [-0.15, -0.1) is 0 Å². The number of carbonyl (C=O) groups excluding carboxylic acids is 3. The molecule has 0 aromatic heterocycles. The predicted molar refractivity (Wildman–Crippen MR) is 128 cm³/mol. The van der Waals surface area contributed by atoms with Gasteiger partial charge in [0.1, 0.15) is 11.6 Å². The van der Waals surface area contributed by atoms with Gasteiger partial charge < -0.3 is 9.64 Å². The highest BCUT2D eigenvalue weighted by Crippen LogP contribution is 2.46. The number of halogens is 1. The molecule has 2 aliphatic rings. The first kappa shape index (κ1) is 23.0. The van der Waals surface area contributed by atoms with E-state index in [0.29, 0.717) is 24.3 Å². The number of hydrogen-bond acceptors (Lipinski definition) is 5. The van der Waals surface area contributed by atoms with Crippen molar-refractivity contribution in [2.45, 2.75) is 39.5 Å². The molecule has 33 heavy (non-hydrogen) atoms. The summed E-state index contributed by atoms with van der Waals surface area (Å²) in [6.45, 7) is 8.40. The summed E-state index contributed by atoms with van der Waals surface area (Å²) in [5.41, 5.74) is 3.33. The molecule has 2 aromatic carbocycles. The SMILES string of the molecule is CCN1C(=O)CC(C)(C)c2cc(C)c(-c3c(OC)ccc(/C=C4/SC(=O)NC4=O)c3F)cc21. The van der Waals surface area contributed by atoms with Crippen LogP contribution in [0.1, 0.15) is 43.9 Å². The number of fused-ring (bicyclic) bond motifs is 1. The highest BCUT2D eigenvalue weighted by Gasteiger charge is 2.37. The average molecular weight is 469 g/mol. The Balaban J connectivity index is 1.93. The van der Waals surface area contributed by atoms with Gasteiger partial charge in [0.15, 0.2) is 0 Å². The molecule has 2 heterocycles. The molecule has 1 N–H and O–H groups in total. The van der Waals surface area contributed by atoms with E-state index in [1.165, 1.54) is 19.3 Å². The molecule has 0 unspecified atom stereocenters. The molecule has 0 aliphatic carbocycles. The second kappa shape index (κ2) is 8.33. The van der Waals surface area contributed by atoms with Crippen molar-refractivity contribution in [3.63, 3.8) is 0 Å². The first-order valence-electron chi connectivity index (χ1n) is 10.6. The summed E-state index contributed by atoms with van der Waals surface area (Å²) in [6.07, 6.45) is 1.77. The highest BCUT2D eigenvalue weighted by molar-refractivity contribution is 8.18. The Morgan fingerprint density at radius 1 is 1.24 bits per heavy atom. The van der Waals surface area contributed by atoms with Crippen molar-refractivity contribution in [3.05, 3.63) is 51.7 Å². The molecular formula is C25H25FN2O4S. The molecule has 2 aromatic rings. The van der Waals surface area contributed by atoms with Gasteiger partial charge in [0, 0.05) is 29.6 Å². The smallest absolute Gasteiger partial charge is 0.290 e. The van der Waals surface area contributed by atoms with Gasteiger partial charge in [0.2, 0.25) is 5.91 Å². The molecule has 0 bridgehead atoms. The van der Waals surface area contributed by atoms with E-state index in [2.05, 4.69) is 5.32 Å². The topological polar surface area (TPSA) is 75.7 Å². The number of methoxy groups -OCH3 is 1. The molecule has 172 valence electrons. The fraction of sp³-hybridized carbons (Fsp3) is 0.320. The minimum Gasteiger partial charge on any atom is -0.496 e. The van der Waals surface area contributed by atoms with Crippen LogP contribution >= 0.6 is 11.8 Å². The van der Waals surface area contributed by atoms with Crippen LogP contribution in [0.25, 0.3) is 17.2 Å². The molecule has 0 spiro atoms. The lowest BCUT2D eigenvalue weighted by atomic mass is 9.75. The summed E-state index contributed by atoms with van der Waals surface area (Å²) in [4.78, 5) is 38.1. The van der Waals surface area contributed by atoms with E-state index < -0.39 is 17.0 Å². The lowest BCUT2D eigenvalue weighted by Gasteiger charge is -2.39. The molecule has 0 saturated carbocycles. The number of imide groups is 1. The van der Waals surface area contributed by atoms with Crippen molar-refractivity contribution in [2.75, 3.05) is 18.6 Å². The van der Waals surface area contributed by atoms with Crippen molar-refractivity contribution < 1.29 is 23.5 Å². The van der Waals surface area contributed by atoms with Gasteiger partial charge in [-0.25, -0.2) is 4.39 Å². The number of benzene rings is 2. The van der Waals surface area contributed by atoms with Gasteiger partial charge in [-0.05, 0) is 66.6 Å². The zero-order valence-electron chi connectivity index (χ0n) is 19.2. The maximum Gasteiger partial charge on any atom is 0.290 e. The van der Waals surface area contributed by atoms with E-state index in [9.17, 15) is 14.4 Å². The van der Waals surface area contributed by atoms with Crippen LogP contribution in [0.2, 0.25) is 0 Å². The Kier molecular flexibility index (Phi) is 5.82. The number of anilines is 1. The van der Waals surface area contributed by atoms with E-state index in [-0.39, 0.29) is 27.4 Å². The van der Waals surface area contributed by atoms with Crippen LogP contribution in [0.4, 0.5) is 14.9 Å². The second-order valence-electron chi connectivity index (χ2n) is 8.78. The predicted octanol–water partition coefficient (Wildman–Crippen LogP) is 5.17. The van der Waals surface area contributed by atoms with Crippen molar-refractivity contribution in [1.82, 2.24) is 5.32 Å². The maximum absolute atomic E-state index is 15.9. The Hall–Kier alpha value is -3.13. The quantitative estimate of drug-likeness (QED) is 0.627. The van der Waals surface area contributed by atoms with Crippen LogP contribution in [-0.2, 0) is 15.0 Å². The third-order valence-electron chi connectivity index (χ3n) is 6.12. The van der Waals surface area contributed by atoms with Crippen molar-refractivity contribution in [3.8, 4) is 16.9 Å². The third-order valence-corrected chi connectivity index (χ3v) is 6.94. The molecule has 0 radical (unpaired) electrons. The average Bonchev–Trinajstić information content (AvgIpc) is 3.06. The molecule has 0 atom stereocenters. The van der Waals surface area contributed by atoms with Crippen LogP contribution < -0.4 is 15.0 Å². The van der Waals surface area contributed by atoms with Gasteiger partial charge in [0.05, 0.1) is 17.6 Å². The summed E-state index contributed by atoms with van der Waals surface area (Å²) < 4.78 is 21.4. The number of ether oxygens (including phenoxy) is 1. The molecule has 8 heteroatoms. The molecule has 3 amide bonds. The van der Waals surface area contributed by atoms with Gasteiger partial charge in [-0.3, -0.25) is 19.7 Å². The molecule has 6 nitrogen and oxygen atoms in total. The lowest BCUT2D eigenvalue weighted by molar-refractivity contribution is -0.120. The highest BCUT2D eigenvalue weighted by atomic mass is 32.2. The third kappa shape index (κ3) is 3.93. The summed E-state index contributed by atoms with van der Waals surface area (Å²) in [5.74, 6) is -0.750. The van der Waals surface area contributed by atoms with Crippen LogP contribution in [0.3, 0.4) is 0 Å². The van der Waals surface area contributed by atoms with Crippen LogP contribution in [0.15, 0.2) is 29.2 Å². The number of thioether (sulfide) groups is 1. The summed E-state index contributed by atoms with van der Waals surface area (Å²) >= 11 is 0.733. The number of amides is 3. The van der Waals surface area contributed by atoms with Crippen LogP contribution in [0, 0.1) is 12.7 Å². The van der Waals surface area contributed by atoms with Crippen LogP contribution in [0.5, 0.6) is 5.75 Å². The minimum absolute atomic E-state index is 0.0321. The fourth-order valence-corrected chi connectivity index (χ4v) is 5.12. The van der Waals surface area contributed by atoms with Crippen molar-refractivity contribution in [1.29, 1.82) is 0 Å². The molecule has 4 rings (SSSR count). The van der Waals surface area contributed by atoms with Gasteiger partial charge in [-0.1, -0.05) is 19.9 Å². The normalized spacial score (nSPS) is 18.5. The first-order valence-corrected chi connectivity index (χ1v) is 11.5. The molecular weight excluding hydrogens is 443 g/mol. The summed E-state index contributed by atoms with van der Waals surface area (Å²) in [5, 5.41) is 1.69. The van der Waals surface area contributed by atoms with Crippen molar-refractivity contribution >= 4 is 40.6 Å². The Labute approximate surface area is 196 Å². The van der Waals surface area contributed by atoms with E-state index in [4.69, 9.17) is 4.74 Å². The molecule has 1 fully saturated rings. The van der Waals surface area contributed by atoms with E-state index >= 15 is 4.39 Å². The number of hydrogen-bond donors (Lipinski definition) is 1. The van der Waals surface area contributed by atoms with Crippen molar-refractivity contribution in [2.24, 2.45) is 0 Å². The van der Waals surface area contributed by atoms with Crippen LogP contribution in [-0.4, -0.2) is 30.7 Å².